The molecule has 5 nitrogen and oxygen atoms in total. The predicted molar refractivity (Wildman–Crippen MR) is 96.3 cm³/mol. The van der Waals surface area contributed by atoms with E-state index in [1.165, 1.54) is 0 Å². The highest BCUT2D eigenvalue weighted by molar-refractivity contribution is 5.36. The lowest BCUT2D eigenvalue weighted by Gasteiger charge is -2.42. The van der Waals surface area contributed by atoms with Gasteiger partial charge in [-0.15, -0.1) is 0 Å². The van der Waals surface area contributed by atoms with Gasteiger partial charge in [-0.2, -0.15) is 0 Å². The summed E-state index contributed by atoms with van der Waals surface area (Å²) in [7, 11) is 0. The zero-order valence-electron chi connectivity index (χ0n) is 15.8. The first-order valence-corrected chi connectivity index (χ1v) is 8.88. The summed E-state index contributed by atoms with van der Waals surface area (Å²) in [5.74, 6) is 0. The minimum absolute atomic E-state index is 0.117. The summed E-state index contributed by atoms with van der Waals surface area (Å²) in [6.07, 6.45) is -4.74. The number of benzene rings is 1. The minimum Gasteiger partial charge on any atom is -0.394 e. The van der Waals surface area contributed by atoms with Gasteiger partial charge in [0.2, 0.25) is 0 Å². The molecule has 1 aromatic carbocycles. The monoisotopic (exact) mass is 352 g/mol. The summed E-state index contributed by atoms with van der Waals surface area (Å²) in [5, 5.41) is 40.0. The molecule has 1 unspecified atom stereocenters. The Kier molecular flexibility index (Phi) is 5.96. The van der Waals surface area contributed by atoms with Crippen molar-refractivity contribution >= 4 is 0 Å². The van der Waals surface area contributed by atoms with E-state index in [0.29, 0.717) is 0 Å². The molecule has 1 saturated heterocycles. The Hall–Kier alpha value is -0.980. The highest BCUT2D eigenvalue weighted by atomic mass is 16.5. The zero-order chi connectivity index (χ0) is 19.0. The van der Waals surface area contributed by atoms with Crippen molar-refractivity contribution < 1.29 is 25.2 Å². The van der Waals surface area contributed by atoms with Gasteiger partial charge < -0.3 is 25.2 Å². The van der Waals surface area contributed by atoms with E-state index in [1.807, 2.05) is 24.3 Å². The van der Waals surface area contributed by atoms with Crippen molar-refractivity contribution in [2.45, 2.75) is 77.0 Å². The van der Waals surface area contributed by atoms with Crippen molar-refractivity contribution in [1.82, 2.24) is 0 Å². The van der Waals surface area contributed by atoms with Gasteiger partial charge in [-0.1, -0.05) is 58.9 Å². The Morgan fingerprint density at radius 2 is 1.52 bits per heavy atom. The third-order valence-corrected chi connectivity index (χ3v) is 4.86. The first-order chi connectivity index (χ1) is 11.5. The third-order valence-electron chi connectivity index (χ3n) is 4.86. The fraction of sp³-hybridized carbons (Fsp3) is 0.700. The van der Waals surface area contributed by atoms with E-state index in [-0.39, 0.29) is 10.8 Å². The average molecular weight is 352 g/mol. The molecule has 1 fully saturated rings. The summed E-state index contributed by atoms with van der Waals surface area (Å²) >= 11 is 0. The van der Waals surface area contributed by atoms with Crippen molar-refractivity contribution in [3.63, 3.8) is 0 Å². The van der Waals surface area contributed by atoms with Crippen LogP contribution in [0.15, 0.2) is 24.3 Å². The van der Waals surface area contributed by atoms with Gasteiger partial charge in [0.1, 0.15) is 30.5 Å². The standard InChI is InChI=1S/C20H32O5/c1-19(2,3)11-20(4,5)13-9-7-6-8-12(13)18-17(24)16(23)15(22)14(10-21)25-18/h6-9,14-18,21-24H,10-11H2,1-5H3/t14-,15-,16+,17+,18?/m1/s1. The quantitative estimate of drug-likeness (QED) is 0.665. The smallest absolute Gasteiger partial charge is 0.113 e. The van der Waals surface area contributed by atoms with Crippen LogP contribution in [0.3, 0.4) is 0 Å². The first kappa shape index (κ1) is 20.3. The number of aliphatic hydroxyl groups is 4. The van der Waals surface area contributed by atoms with Gasteiger partial charge in [0.05, 0.1) is 6.61 Å². The molecular weight excluding hydrogens is 320 g/mol. The van der Waals surface area contributed by atoms with Gasteiger partial charge in [-0.05, 0) is 28.4 Å². The molecule has 0 aliphatic carbocycles. The first-order valence-electron chi connectivity index (χ1n) is 8.88. The maximum atomic E-state index is 10.5. The third kappa shape index (κ3) is 4.41. The van der Waals surface area contributed by atoms with Crippen molar-refractivity contribution in [1.29, 1.82) is 0 Å². The second-order valence-corrected chi connectivity index (χ2v) is 8.96. The Labute approximate surface area is 150 Å². The van der Waals surface area contributed by atoms with Crippen molar-refractivity contribution in [3.05, 3.63) is 35.4 Å². The van der Waals surface area contributed by atoms with Crippen LogP contribution in [0.25, 0.3) is 0 Å². The molecule has 4 N–H and O–H groups in total. The molecule has 25 heavy (non-hydrogen) atoms. The van der Waals surface area contributed by atoms with E-state index in [9.17, 15) is 20.4 Å². The predicted octanol–water partition coefficient (Wildman–Crippen LogP) is 1.92. The van der Waals surface area contributed by atoms with Gasteiger partial charge in [-0.25, -0.2) is 0 Å². The van der Waals surface area contributed by atoms with Gasteiger partial charge in [-0.3, -0.25) is 0 Å². The topological polar surface area (TPSA) is 90.2 Å². The molecule has 1 heterocycles. The molecule has 5 heteroatoms. The van der Waals surface area contributed by atoms with Crippen molar-refractivity contribution in [3.8, 4) is 0 Å². The van der Waals surface area contributed by atoms with Crippen LogP contribution in [0, 0.1) is 5.41 Å². The summed E-state index contributed by atoms with van der Waals surface area (Å²) in [4.78, 5) is 0. The lowest BCUT2D eigenvalue weighted by atomic mass is 9.70. The molecule has 0 saturated carbocycles. The van der Waals surface area contributed by atoms with Crippen LogP contribution in [-0.2, 0) is 10.2 Å². The second kappa shape index (κ2) is 7.33. The van der Waals surface area contributed by atoms with Crippen LogP contribution >= 0.6 is 0 Å². The maximum Gasteiger partial charge on any atom is 0.113 e. The summed E-state index contributed by atoms with van der Waals surface area (Å²) < 4.78 is 5.77. The van der Waals surface area contributed by atoms with Gasteiger partial charge in [0, 0.05) is 0 Å². The Bertz CT molecular complexity index is 576. The number of ether oxygens (including phenoxy) is 1. The van der Waals surface area contributed by atoms with E-state index in [2.05, 4.69) is 34.6 Å². The van der Waals surface area contributed by atoms with Crippen LogP contribution in [0.5, 0.6) is 0 Å². The lowest BCUT2D eigenvalue weighted by molar-refractivity contribution is -0.232. The molecule has 0 aromatic heterocycles. The molecular formula is C20H32O5. The lowest BCUT2D eigenvalue weighted by Crippen LogP contribution is -2.55. The van der Waals surface area contributed by atoms with Crippen LogP contribution < -0.4 is 0 Å². The maximum absolute atomic E-state index is 10.5. The van der Waals surface area contributed by atoms with Gasteiger partial charge in [0.25, 0.3) is 0 Å². The molecule has 0 radical (unpaired) electrons. The average Bonchev–Trinajstić information content (AvgIpc) is 2.51. The van der Waals surface area contributed by atoms with E-state index in [0.717, 1.165) is 17.5 Å². The van der Waals surface area contributed by atoms with Gasteiger partial charge in [0.15, 0.2) is 0 Å². The number of aliphatic hydroxyl groups excluding tert-OH is 4. The van der Waals surface area contributed by atoms with Crippen LogP contribution in [0.2, 0.25) is 0 Å². The van der Waals surface area contributed by atoms with E-state index >= 15 is 0 Å². The zero-order valence-corrected chi connectivity index (χ0v) is 15.8. The molecule has 1 aliphatic heterocycles. The molecule has 0 amide bonds. The summed E-state index contributed by atoms with van der Waals surface area (Å²) in [5.41, 5.74) is 1.77. The number of hydrogen-bond acceptors (Lipinski definition) is 5. The molecule has 0 bridgehead atoms. The number of hydrogen-bond donors (Lipinski definition) is 4. The van der Waals surface area contributed by atoms with Crippen LogP contribution in [-0.4, -0.2) is 51.4 Å². The Morgan fingerprint density at radius 1 is 0.920 bits per heavy atom. The van der Waals surface area contributed by atoms with Crippen molar-refractivity contribution in [2.75, 3.05) is 6.61 Å². The van der Waals surface area contributed by atoms with Gasteiger partial charge >= 0.3 is 0 Å². The molecule has 142 valence electrons. The SMILES string of the molecule is CC(C)(C)CC(C)(C)c1ccccc1C1O[C@H](CO)[C@@H](O)[C@H](O)[C@@H]1O. The van der Waals surface area contributed by atoms with E-state index < -0.39 is 37.1 Å². The fourth-order valence-corrected chi connectivity index (χ4v) is 4.14. The molecule has 0 spiro atoms. The second-order valence-electron chi connectivity index (χ2n) is 8.96. The van der Waals surface area contributed by atoms with E-state index in [1.54, 1.807) is 0 Å². The Morgan fingerprint density at radius 3 is 2.08 bits per heavy atom. The molecule has 1 aliphatic rings. The highest BCUT2D eigenvalue weighted by Crippen LogP contribution is 2.42. The van der Waals surface area contributed by atoms with E-state index in [4.69, 9.17) is 4.74 Å². The minimum atomic E-state index is -1.37. The summed E-state index contributed by atoms with van der Waals surface area (Å²) in [6, 6.07) is 7.72. The molecule has 5 atom stereocenters. The highest BCUT2D eigenvalue weighted by Gasteiger charge is 2.45. The van der Waals surface area contributed by atoms with Crippen LogP contribution in [0.1, 0.15) is 58.3 Å². The Balaban J connectivity index is 2.43. The normalized spacial score (nSPS) is 31.2. The largest absolute Gasteiger partial charge is 0.394 e. The van der Waals surface area contributed by atoms with Crippen LogP contribution in [0.4, 0.5) is 0 Å². The fourth-order valence-electron chi connectivity index (χ4n) is 4.14. The molecule has 1 aromatic rings. The summed E-state index contributed by atoms with van der Waals surface area (Å²) in [6.45, 7) is 10.4. The number of rotatable bonds is 4. The van der Waals surface area contributed by atoms with Crippen molar-refractivity contribution in [2.24, 2.45) is 5.41 Å². The molecule has 2 rings (SSSR count).